The summed E-state index contributed by atoms with van der Waals surface area (Å²) in [5.41, 5.74) is 8.24. The van der Waals surface area contributed by atoms with Gasteiger partial charge in [-0.3, -0.25) is 13.3 Å². The number of hydrogen-bond donors (Lipinski definition) is 6. The molecule has 0 aromatic carbocycles. The minimum Gasteiger partial charge on any atom is -0.726 e. The number of aliphatic hydroxyl groups excluding tert-OH is 4. The molecule has 32 heteroatoms. The van der Waals surface area contributed by atoms with Gasteiger partial charge in [-0.05, 0) is 12.2 Å². The predicted octanol–water partition coefficient (Wildman–Crippen LogP) is -23.1. The van der Waals surface area contributed by atoms with E-state index >= 15 is 0 Å². The van der Waals surface area contributed by atoms with Gasteiger partial charge in [0.25, 0.3) is 0 Å². The van der Waals surface area contributed by atoms with Gasteiger partial charge >= 0.3 is 177 Å². The molecule has 3 heterocycles. The first kappa shape index (κ1) is 66.0. The first-order chi connectivity index (χ1) is 19.5. The van der Waals surface area contributed by atoms with E-state index in [1.54, 1.807) is 0 Å². The average molecular weight is 832 g/mol. The van der Waals surface area contributed by atoms with Crippen molar-refractivity contribution in [1.29, 1.82) is 0 Å². The van der Waals surface area contributed by atoms with Gasteiger partial charge in [0.2, 0.25) is 31.2 Å². The molecule has 3 fully saturated rings. The van der Waals surface area contributed by atoms with Crippen LogP contribution in [-0.2, 0) is 63.8 Å². The number of methoxy groups -OCH3 is 1. The molecule has 258 valence electrons. The maximum absolute atomic E-state index is 10.9. The molecule has 7 N–H and O–H groups in total. The van der Waals surface area contributed by atoms with Crippen LogP contribution in [0.4, 0.5) is 0 Å². The van der Waals surface area contributed by atoms with Gasteiger partial charge in [-0.1, -0.05) is 18.2 Å². The Bertz CT molecular complexity index is 1130. The van der Waals surface area contributed by atoms with Crippen molar-refractivity contribution in [2.24, 2.45) is 0 Å². The number of hydrogen-bond acceptors (Lipinski definition) is 20. The molecule has 11 atom stereocenters. The Hall–Kier alpha value is 5.17. The van der Waals surface area contributed by atoms with Crippen LogP contribution in [0.25, 0.3) is 5.73 Å². The third-order valence-electron chi connectivity index (χ3n) is 4.96. The molecule has 23 nitrogen and oxygen atoms in total. The quantitative estimate of drug-likeness (QED) is 0.0572. The molecule has 2 unspecified atom stereocenters. The van der Waals surface area contributed by atoms with E-state index in [2.05, 4.69) is 4.18 Å². The average Bonchev–Trinajstić information content (AvgIpc) is 2.83. The molecule has 0 saturated carbocycles. The summed E-state index contributed by atoms with van der Waals surface area (Å²) in [7, 11) is -13.6. The van der Waals surface area contributed by atoms with Crippen LogP contribution in [0.15, 0.2) is 0 Å². The fourth-order valence-corrected chi connectivity index (χ4v) is 3.53. The van der Waals surface area contributed by atoms with E-state index in [-0.39, 0.29) is 177 Å². The predicted molar refractivity (Wildman–Crippen MR) is 125 cm³/mol. The summed E-state index contributed by atoms with van der Waals surface area (Å²) < 4.78 is 134. The zero-order valence-corrected chi connectivity index (χ0v) is 41.8. The van der Waals surface area contributed by atoms with Crippen LogP contribution in [0.2, 0.25) is 0 Å². The Morgan fingerprint density at radius 2 is 1.18 bits per heavy atom. The summed E-state index contributed by atoms with van der Waals surface area (Å²) in [5.74, 6) is 0. The van der Waals surface area contributed by atoms with Crippen LogP contribution in [-0.4, -0.2) is 150 Å². The Kier molecular flexibility index (Phi) is 41.9. The van der Waals surface area contributed by atoms with Crippen LogP contribution >= 0.6 is 0 Å². The van der Waals surface area contributed by atoms with Crippen LogP contribution in [0.1, 0.15) is 0 Å². The number of aliphatic hydroxyl groups is 4. The Labute approximate surface area is 415 Å². The van der Waals surface area contributed by atoms with Crippen molar-refractivity contribution in [3.05, 3.63) is 31.8 Å². The van der Waals surface area contributed by atoms with Gasteiger partial charge in [0.05, 0.1) is 12.7 Å². The van der Waals surface area contributed by atoms with Crippen molar-refractivity contribution >= 4 is 31.2 Å². The Morgan fingerprint density at radius 3 is 1.59 bits per heavy atom. The second-order valence-electron chi connectivity index (χ2n) is 8.18. The van der Waals surface area contributed by atoms with E-state index in [4.69, 9.17) is 69.2 Å². The smallest absolute Gasteiger partial charge is 0.726 e. The fourth-order valence-electron chi connectivity index (χ4n) is 3.23. The fraction of sp³-hybridized carbons (Fsp3) is 0.765. The molecule has 0 radical (unpaired) electrons. The van der Waals surface area contributed by atoms with Crippen molar-refractivity contribution in [3.8, 4) is 0 Å². The van der Waals surface area contributed by atoms with Gasteiger partial charge in [-0.25, -0.2) is 38.1 Å². The van der Waals surface area contributed by atoms with Crippen LogP contribution < -0.4 is 177 Å². The van der Waals surface area contributed by atoms with Gasteiger partial charge in [-0.2, -0.15) is 13.2 Å². The first-order valence-electron chi connectivity index (χ1n) is 11.1. The molecule has 0 spiro atoms. The molecule has 0 aromatic heterocycles. The van der Waals surface area contributed by atoms with Crippen molar-refractivity contribution in [3.63, 3.8) is 0 Å². The summed E-state index contributed by atoms with van der Waals surface area (Å²) in [6, 6.07) is -1.54. The van der Waals surface area contributed by atoms with Crippen LogP contribution in [0.3, 0.4) is 0 Å². The summed E-state index contributed by atoms with van der Waals surface area (Å²) >= 11 is 0. The van der Waals surface area contributed by atoms with Gasteiger partial charge in [0, 0.05) is 19.7 Å². The molecule has 3 saturated heterocycles. The Morgan fingerprint density at radius 1 is 0.735 bits per heavy atom. The summed E-state index contributed by atoms with van der Waals surface area (Å²) in [5, 5.41) is 40.0. The van der Waals surface area contributed by atoms with Gasteiger partial charge in [-0.15, -0.1) is 0 Å². The van der Waals surface area contributed by atoms with E-state index in [9.17, 15) is 33.4 Å². The maximum Gasteiger partial charge on any atom is 1.00 e. The third-order valence-corrected chi connectivity index (χ3v) is 5.38. The van der Waals surface area contributed by atoms with E-state index in [1.165, 1.54) is 13.5 Å². The molecule has 0 aromatic rings. The standard InChI is InChI=1S/C17H26NO14S.6Na.2H2O4S/c1-26-12-3-8(20)10(5-28-12)30-17-14(18)15(22)16(11(31-17)6-29-33(23,24)25)32-13-2-7(19)9(21)4-27-13;;;;;;;2*1-5(2,3)4/h2-5,7-22H,6H2,1H3,(H,23,24,25);;;;;;;2*(H2,1,2,3,4)/q-5;6*+1;;/p-3/t7-,8-,9+,10+,11?,12+,13-,14?,15+,16+,17+;;;;;;;;/m0......../s1. The summed E-state index contributed by atoms with van der Waals surface area (Å²) in [4.78, 5) is 0. The number of nitrogens with one attached hydrogen (secondary N) is 1. The van der Waals surface area contributed by atoms with Crippen molar-refractivity contribution in [1.82, 2.24) is 0 Å². The van der Waals surface area contributed by atoms with Crippen molar-refractivity contribution in [2.75, 3.05) is 13.7 Å². The molecule has 0 aliphatic carbocycles. The second kappa shape index (κ2) is 31.1. The van der Waals surface area contributed by atoms with Gasteiger partial charge in [0.15, 0.2) is 0 Å². The van der Waals surface area contributed by atoms with Gasteiger partial charge < -0.3 is 68.2 Å². The molecule has 49 heavy (non-hydrogen) atoms. The molecular weight excluding hydrogens is 804 g/mol. The maximum atomic E-state index is 10.9. The zero-order chi connectivity index (χ0) is 33.3. The monoisotopic (exact) mass is 831 g/mol. The molecular formula is C17H27NNa6O22S3-2. The van der Waals surface area contributed by atoms with E-state index in [1.807, 2.05) is 0 Å². The van der Waals surface area contributed by atoms with Crippen molar-refractivity contribution in [2.45, 2.75) is 67.6 Å². The topological polar surface area (TPSA) is 381 Å². The number of ether oxygens (including phenoxy) is 6. The molecule has 0 bridgehead atoms. The largest absolute Gasteiger partial charge is 1.00 e. The molecule has 0 amide bonds. The third kappa shape index (κ3) is 30.9. The second-order valence-corrected chi connectivity index (χ2v) is 10.9. The number of rotatable bonds is 8. The molecule has 3 rings (SSSR count). The summed E-state index contributed by atoms with van der Waals surface area (Å²) in [6.07, 6.45) is -11.0. The normalized spacial score (nSPS) is 32.8. The molecule has 3 aliphatic heterocycles. The van der Waals surface area contributed by atoms with E-state index in [0.717, 1.165) is 19.6 Å². The zero-order valence-electron chi connectivity index (χ0n) is 27.3. The minimum absolute atomic E-state index is 0. The van der Waals surface area contributed by atoms with Crippen molar-refractivity contribution < 1.29 is 278 Å². The van der Waals surface area contributed by atoms with E-state index in [0.29, 0.717) is 0 Å². The SMILES string of the molecule is CO[C@H]1[CH-][C@H](O)[C@H](O[C@@H]2OC(COS(=O)(=O)[O-])[C@@H](O[C@H]3[CH-][C@H](O)[C@H](O)[CH-]O3)[C@H](O)C2[NH-])[CH-]O1.O=S(=O)([O-])O.O=S(=O)([O-])O.[Na+].[Na+].[Na+].[Na+].[Na+].[Na+]. The first-order valence-corrected chi connectivity index (χ1v) is 15.1. The summed E-state index contributed by atoms with van der Waals surface area (Å²) in [6.45, 7) is 1.07. The minimum atomic E-state index is -5.15. The Balaban J connectivity index is -0.000000255. The van der Waals surface area contributed by atoms with E-state index < -0.39 is 105 Å². The molecule has 3 aliphatic rings. The van der Waals surface area contributed by atoms with Crippen LogP contribution in [0.5, 0.6) is 0 Å². The van der Waals surface area contributed by atoms with Gasteiger partial charge in [0.1, 0.15) is 18.5 Å². The van der Waals surface area contributed by atoms with Crippen LogP contribution in [0, 0.1) is 26.1 Å².